The van der Waals surface area contributed by atoms with Gasteiger partial charge in [-0.25, -0.2) is 4.39 Å². The van der Waals surface area contributed by atoms with Gasteiger partial charge in [0.15, 0.2) is 11.5 Å². The minimum atomic E-state index is -0.633. The van der Waals surface area contributed by atoms with Crippen molar-refractivity contribution < 1.29 is 23.8 Å². The first kappa shape index (κ1) is 18.6. The van der Waals surface area contributed by atoms with Crippen LogP contribution in [-0.2, 0) is 0 Å². The Kier molecular flexibility index (Phi) is 4.72. The molecule has 1 heterocycles. The lowest BCUT2D eigenvalue weighted by Crippen LogP contribution is -2.43. The van der Waals surface area contributed by atoms with Crippen LogP contribution in [-0.4, -0.2) is 25.2 Å². The predicted octanol–water partition coefficient (Wildman–Crippen LogP) is 4.32. The molecule has 4 rings (SSSR count). The average Bonchev–Trinajstić information content (AvgIpc) is 2.75. The fourth-order valence-electron chi connectivity index (χ4n) is 3.43. The highest BCUT2D eigenvalue weighted by molar-refractivity contribution is 6.12. The van der Waals surface area contributed by atoms with E-state index in [0.717, 1.165) is 0 Å². The maximum Gasteiger partial charge on any atom is 0.262 e. The van der Waals surface area contributed by atoms with Gasteiger partial charge in [0.05, 0.1) is 19.8 Å². The maximum absolute atomic E-state index is 13.5. The second-order valence-electron chi connectivity index (χ2n) is 6.52. The number of para-hydroxylation sites is 1. The Hall–Kier alpha value is -3.74. The molecule has 1 unspecified atom stereocenters. The summed E-state index contributed by atoms with van der Waals surface area (Å²) in [6.07, 6.45) is -0.633. The normalized spacial score (nSPS) is 15.5. The summed E-state index contributed by atoms with van der Waals surface area (Å²) in [5, 5.41) is 13.6. The summed E-state index contributed by atoms with van der Waals surface area (Å²) >= 11 is 0. The summed E-state index contributed by atoms with van der Waals surface area (Å²) in [6, 6.07) is 16.1. The third-order valence-corrected chi connectivity index (χ3v) is 4.85. The van der Waals surface area contributed by atoms with Crippen LogP contribution < -0.4 is 19.7 Å². The number of nitrogens with zero attached hydrogens (tertiary/aromatic N) is 1. The second kappa shape index (κ2) is 7.35. The first-order chi connectivity index (χ1) is 14.0. The molecule has 1 aliphatic rings. The van der Waals surface area contributed by atoms with Crippen LogP contribution in [0.3, 0.4) is 0 Å². The van der Waals surface area contributed by atoms with Gasteiger partial charge in [0.2, 0.25) is 5.75 Å². The first-order valence-electron chi connectivity index (χ1n) is 8.93. The number of carbonyl (C=O) groups is 1. The number of rotatable bonds is 4. The van der Waals surface area contributed by atoms with Crippen LogP contribution in [0, 0.1) is 5.82 Å². The molecule has 0 saturated carbocycles. The molecule has 1 aliphatic heterocycles. The minimum Gasteiger partial charge on any atom is -0.502 e. The highest BCUT2D eigenvalue weighted by Crippen LogP contribution is 2.43. The van der Waals surface area contributed by atoms with E-state index in [1.54, 1.807) is 36.4 Å². The molecule has 0 aromatic heterocycles. The van der Waals surface area contributed by atoms with Gasteiger partial charge in [-0.05, 0) is 48.5 Å². The zero-order chi connectivity index (χ0) is 20.5. The number of halogens is 1. The van der Waals surface area contributed by atoms with Crippen molar-refractivity contribution in [2.45, 2.75) is 6.17 Å². The van der Waals surface area contributed by atoms with E-state index in [2.05, 4.69) is 5.32 Å². The van der Waals surface area contributed by atoms with E-state index in [9.17, 15) is 14.3 Å². The van der Waals surface area contributed by atoms with Gasteiger partial charge in [-0.15, -0.1) is 0 Å². The summed E-state index contributed by atoms with van der Waals surface area (Å²) in [5.41, 5.74) is 2.33. The van der Waals surface area contributed by atoms with Crippen LogP contribution in [0.15, 0.2) is 60.7 Å². The number of fused-ring (bicyclic) bond motifs is 1. The van der Waals surface area contributed by atoms with Crippen molar-refractivity contribution in [3.8, 4) is 17.2 Å². The van der Waals surface area contributed by atoms with Crippen LogP contribution in [0.1, 0.15) is 22.1 Å². The van der Waals surface area contributed by atoms with Crippen LogP contribution in [0.2, 0.25) is 0 Å². The Bertz CT molecular complexity index is 1040. The molecule has 29 heavy (non-hydrogen) atoms. The smallest absolute Gasteiger partial charge is 0.262 e. The maximum atomic E-state index is 13.5. The number of ether oxygens (including phenoxy) is 2. The van der Waals surface area contributed by atoms with E-state index in [1.807, 2.05) is 12.1 Å². The van der Waals surface area contributed by atoms with Crippen molar-refractivity contribution in [2.24, 2.45) is 0 Å². The van der Waals surface area contributed by atoms with Crippen LogP contribution >= 0.6 is 0 Å². The number of carbonyl (C=O) groups excluding carboxylic acids is 1. The fraction of sp³-hybridized carbons (Fsp3) is 0.136. The summed E-state index contributed by atoms with van der Waals surface area (Å²) in [4.78, 5) is 14.9. The Morgan fingerprint density at radius 3 is 2.24 bits per heavy atom. The summed E-state index contributed by atoms with van der Waals surface area (Å²) in [5.74, 6) is -0.328. The van der Waals surface area contributed by atoms with Gasteiger partial charge in [0.1, 0.15) is 12.0 Å². The number of phenolic OH excluding ortho intramolecular Hbond substituents is 1. The number of amides is 1. The van der Waals surface area contributed by atoms with Gasteiger partial charge in [-0.1, -0.05) is 12.1 Å². The molecule has 2 N–H and O–H groups in total. The van der Waals surface area contributed by atoms with Crippen LogP contribution in [0.25, 0.3) is 0 Å². The van der Waals surface area contributed by atoms with E-state index in [-0.39, 0.29) is 23.2 Å². The van der Waals surface area contributed by atoms with E-state index in [1.165, 1.54) is 31.3 Å². The zero-order valence-corrected chi connectivity index (χ0v) is 15.8. The topological polar surface area (TPSA) is 71.0 Å². The molecular weight excluding hydrogens is 375 g/mol. The highest BCUT2D eigenvalue weighted by Gasteiger charge is 2.35. The van der Waals surface area contributed by atoms with Gasteiger partial charge in [-0.2, -0.15) is 0 Å². The molecule has 0 aliphatic carbocycles. The standard InChI is InChI=1S/C22H19FN2O4/c1-28-18-11-13(12-19(29-2)20(18)26)21-24-17-6-4-3-5-16(17)22(27)25(21)15-9-7-14(23)8-10-15/h3-12,21,24,26H,1-2H3. The number of methoxy groups -OCH3 is 2. The molecule has 0 fully saturated rings. The van der Waals surface area contributed by atoms with Gasteiger partial charge in [0, 0.05) is 16.9 Å². The summed E-state index contributed by atoms with van der Waals surface area (Å²) in [7, 11) is 2.87. The summed E-state index contributed by atoms with van der Waals surface area (Å²) < 4.78 is 24.0. The van der Waals surface area contributed by atoms with E-state index in [0.29, 0.717) is 22.5 Å². The molecule has 1 amide bonds. The Labute approximate surface area is 167 Å². The molecule has 3 aromatic rings. The van der Waals surface area contributed by atoms with Crippen LogP contribution in [0.5, 0.6) is 17.2 Å². The lowest BCUT2D eigenvalue weighted by molar-refractivity contribution is 0.0974. The number of aromatic hydroxyl groups is 1. The van der Waals surface area contributed by atoms with Gasteiger partial charge >= 0.3 is 0 Å². The molecule has 6 nitrogen and oxygen atoms in total. The molecular formula is C22H19FN2O4. The first-order valence-corrected chi connectivity index (χ1v) is 8.93. The molecule has 148 valence electrons. The van der Waals surface area contributed by atoms with Crippen molar-refractivity contribution >= 4 is 17.3 Å². The van der Waals surface area contributed by atoms with Crippen molar-refractivity contribution in [3.05, 3.63) is 77.6 Å². The fourth-order valence-corrected chi connectivity index (χ4v) is 3.43. The number of benzene rings is 3. The lowest BCUT2D eigenvalue weighted by atomic mass is 10.0. The Morgan fingerprint density at radius 2 is 1.62 bits per heavy atom. The third-order valence-electron chi connectivity index (χ3n) is 4.85. The number of hydrogen-bond acceptors (Lipinski definition) is 5. The third kappa shape index (κ3) is 3.20. The molecule has 0 bridgehead atoms. The Balaban J connectivity index is 1.89. The van der Waals surface area contributed by atoms with E-state index in [4.69, 9.17) is 9.47 Å². The largest absolute Gasteiger partial charge is 0.502 e. The number of hydrogen-bond donors (Lipinski definition) is 2. The lowest BCUT2D eigenvalue weighted by Gasteiger charge is -2.38. The monoisotopic (exact) mass is 394 g/mol. The van der Waals surface area contributed by atoms with Crippen molar-refractivity contribution in [1.29, 1.82) is 0 Å². The molecule has 0 saturated heterocycles. The quantitative estimate of drug-likeness (QED) is 0.690. The molecule has 0 radical (unpaired) electrons. The van der Waals surface area contributed by atoms with Gasteiger partial charge in [-0.3, -0.25) is 9.69 Å². The molecule has 0 spiro atoms. The Morgan fingerprint density at radius 1 is 1.00 bits per heavy atom. The van der Waals surface area contributed by atoms with Gasteiger partial charge in [0.25, 0.3) is 5.91 Å². The van der Waals surface area contributed by atoms with Crippen molar-refractivity contribution in [3.63, 3.8) is 0 Å². The predicted molar refractivity (Wildman–Crippen MR) is 107 cm³/mol. The zero-order valence-electron chi connectivity index (χ0n) is 15.8. The van der Waals surface area contributed by atoms with Crippen molar-refractivity contribution in [2.75, 3.05) is 24.4 Å². The van der Waals surface area contributed by atoms with Gasteiger partial charge < -0.3 is 19.9 Å². The van der Waals surface area contributed by atoms with E-state index >= 15 is 0 Å². The number of phenols is 1. The van der Waals surface area contributed by atoms with E-state index < -0.39 is 12.0 Å². The average molecular weight is 394 g/mol. The highest BCUT2D eigenvalue weighted by atomic mass is 19.1. The SMILES string of the molecule is COc1cc(C2Nc3ccccc3C(=O)N2c2ccc(F)cc2)cc(OC)c1O. The number of nitrogens with one attached hydrogen (secondary N) is 1. The minimum absolute atomic E-state index is 0.130. The van der Waals surface area contributed by atoms with Crippen LogP contribution in [0.4, 0.5) is 15.8 Å². The number of anilines is 2. The second-order valence-corrected chi connectivity index (χ2v) is 6.52. The summed E-state index contributed by atoms with van der Waals surface area (Å²) in [6.45, 7) is 0. The van der Waals surface area contributed by atoms with Crippen molar-refractivity contribution in [1.82, 2.24) is 0 Å². The molecule has 1 atom stereocenters. The molecule has 7 heteroatoms. The molecule has 3 aromatic carbocycles.